The summed E-state index contributed by atoms with van der Waals surface area (Å²) in [4.78, 5) is 0. The standard InChI is InChI=1S/C15H23N3O/c1-11-10-12(2)18(17-11)9-5-8-16-14(4)15-7-6-13(3)19-15/h6-7,10,14,16H,5,8-9H2,1-4H3. The van der Waals surface area contributed by atoms with Crippen molar-refractivity contribution in [2.75, 3.05) is 6.54 Å². The van der Waals surface area contributed by atoms with Crippen molar-refractivity contribution in [2.24, 2.45) is 0 Å². The van der Waals surface area contributed by atoms with Crippen molar-refractivity contribution < 1.29 is 4.42 Å². The second-order valence-electron chi connectivity index (χ2n) is 5.13. The maximum absolute atomic E-state index is 5.60. The van der Waals surface area contributed by atoms with Crippen LogP contribution in [0.5, 0.6) is 0 Å². The third-order valence-electron chi connectivity index (χ3n) is 3.29. The van der Waals surface area contributed by atoms with E-state index in [0.717, 1.165) is 36.7 Å². The zero-order chi connectivity index (χ0) is 13.8. The van der Waals surface area contributed by atoms with Gasteiger partial charge in [0, 0.05) is 12.2 Å². The summed E-state index contributed by atoms with van der Waals surface area (Å²) >= 11 is 0. The van der Waals surface area contributed by atoms with Crippen molar-refractivity contribution in [3.05, 3.63) is 41.1 Å². The van der Waals surface area contributed by atoms with E-state index >= 15 is 0 Å². The van der Waals surface area contributed by atoms with E-state index in [1.807, 2.05) is 26.0 Å². The van der Waals surface area contributed by atoms with Crippen LogP contribution >= 0.6 is 0 Å². The zero-order valence-corrected chi connectivity index (χ0v) is 12.2. The van der Waals surface area contributed by atoms with Crippen LogP contribution in [0.25, 0.3) is 0 Å². The predicted molar refractivity (Wildman–Crippen MR) is 76.2 cm³/mol. The van der Waals surface area contributed by atoms with Crippen LogP contribution in [0.3, 0.4) is 0 Å². The Kier molecular flexibility index (Phi) is 4.43. The third-order valence-corrected chi connectivity index (χ3v) is 3.29. The Morgan fingerprint density at radius 1 is 1.32 bits per heavy atom. The fourth-order valence-electron chi connectivity index (χ4n) is 2.24. The van der Waals surface area contributed by atoms with Gasteiger partial charge < -0.3 is 9.73 Å². The van der Waals surface area contributed by atoms with Gasteiger partial charge in [0.05, 0.1) is 11.7 Å². The van der Waals surface area contributed by atoms with Crippen LogP contribution < -0.4 is 5.32 Å². The van der Waals surface area contributed by atoms with Gasteiger partial charge in [0.2, 0.25) is 0 Å². The predicted octanol–water partition coefficient (Wildman–Crippen LogP) is 3.14. The molecule has 2 heterocycles. The number of nitrogens with zero attached hydrogens (tertiary/aromatic N) is 2. The molecule has 0 aliphatic heterocycles. The van der Waals surface area contributed by atoms with Crippen LogP contribution in [0, 0.1) is 20.8 Å². The molecule has 1 N–H and O–H groups in total. The molecule has 1 unspecified atom stereocenters. The van der Waals surface area contributed by atoms with Crippen molar-refractivity contribution in [2.45, 2.75) is 46.7 Å². The number of aromatic nitrogens is 2. The molecular weight excluding hydrogens is 238 g/mol. The summed E-state index contributed by atoms with van der Waals surface area (Å²) in [5.41, 5.74) is 2.32. The maximum atomic E-state index is 5.60. The van der Waals surface area contributed by atoms with Crippen LogP contribution in [0.2, 0.25) is 0 Å². The summed E-state index contributed by atoms with van der Waals surface area (Å²) in [5.74, 6) is 1.97. The molecule has 0 amide bonds. The fourth-order valence-corrected chi connectivity index (χ4v) is 2.24. The lowest BCUT2D eigenvalue weighted by molar-refractivity contribution is 0.408. The third kappa shape index (κ3) is 3.70. The summed E-state index contributed by atoms with van der Waals surface area (Å²) in [5, 5.41) is 7.93. The minimum atomic E-state index is 0.258. The normalized spacial score (nSPS) is 12.8. The van der Waals surface area contributed by atoms with Gasteiger partial charge in [-0.2, -0.15) is 5.10 Å². The number of nitrogens with one attached hydrogen (secondary N) is 1. The van der Waals surface area contributed by atoms with Crippen LogP contribution in [-0.4, -0.2) is 16.3 Å². The smallest absolute Gasteiger partial charge is 0.120 e. The molecule has 0 aliphatic rings. The maximum Gasteiger partial charge on any atom is 0.120 e. The van der Waals surface area contributed by atoms with Gasteiger partial charge in [-0.05, 0) is 58.9 Å². The van der Waals surface area contributed by atoms with Gasteiger partial charge in [0.25, 0.3) is 0 Å². The summed E-state index contributed by atoms with van der Waals surface area (Å²) in [6.07, 6.45) is 1.06. The number of rotatable bonds is 6. The Balaban J connectivity index is 1.73. The fraction of sp³-hybridized carbons (Fsp3) is 0.533. The van der Waals surface area contributed by atoms with E-state index in [-0.39, 0.29) is 6.04 Å². The molecule has 0 radical (unpaired) electrons. The van der Waals surface area contributed by atoms with Gasteiger partial charge in [-0.15, -0.1) is 0 Å². The SMILES string of the molecule is Cc1cc(C)n(CCCNC(C)c2ccc(C)o2)n1. The van der Waals surface area contributed by atoms with Crippen LogP contribution in [0.15, 0.2) is 22.6 Å². The molecule has 0 saturated carbocycles. The Morgan fingerprint density at radius 2 is 2.11 bits per heavy atom. The molecule has 0 aliphatic carbocycles. The van der Waals surface area contributed by atoms with Gasteiger partial charge in [-0.1, -0.05) is 0 Å². The molecule has 2 aromatic rings. The second kappa shape index (κ2) is 6.06. The lowest BCUT2D eigenvalue weighted by atomic mass is 10.2. The highest BCUT2D eigenvalue weighted by Gasteiger charge is 2.08. The molecule has 0 spiro atoms. The summed E-state index contributed by atoms with van der Waals surface area (Å²) in [6.45, 7) is 10.1. The molecule has 0 aromatic carbocycles. The topological polar surface area (TPSA) is 43.0 Å². The Labute approximate surface area is 114 Å². The largest absolute Gasteiger partial charge is 0.465 e. The van der Waals surface area contributed by atoms with Crippen LogP contribution in [0.1, 0.15) is 42.3 Å². The molecule has 4 nitrogen and oxygen atoms in total. The van der Waals surface area contributed by atoms with Gasteiger partial charge >= 0.3 is 0 Å². The van der Waals surface area contributed by atoms with Crippen LogP contribution in [0.4, 0.5) is 0 Å². The van der Waals surface area contributed by atoms with Gasteiger partial charge in [-0.25, -0.2) is 0 Å². The molecule has 0 bridgehead atoms. The van der Waals surface area contributed by atoms with E-state index in [2.05, 4.69) is 35.0 Å². The molecule has 0 fully saturated rings. The summed E-state index contributed by atoms with van der Waals surface area (Å²) in [6, 6.07) is 6.41. The Morgan fingerprint density at radius 3 is 2.68 bits per heavy atom. The first-order valence-corrected chi connectivity index (χ1v) is 6.87. The molecule has 104 valence electrons. The van der Waals surface area contributed by atoms with E-state index in [1.54, 1.807) is 0 Å². The number of aryl methyl sites for hydroxylation is 4. The molecule has 2 rings (SSSR count). The van der Waals surface area contributed by atoms with Gasteiger partial charge in [0.1, 0.15) is 11.5 Å². The lowest BCUT2D eigenvalue weighted by Crippen LogP contribution is -2.21. The molecule has 2 aromatic heterocycles. The highest BCUT2D eigenvalue weighted by molar-refractivity contribution is 5.09. The first-order chi connectivity index (χ1) is 9.06. The Hall–Kier alpha value is -1.55. The number of hydrogen-bond acceptors (Lipinski definition) is 3. The van der Waals surface area contributed by atoms with E-state index in [9.17, 15) is 0 Å². The van der Waals surface area contributed by atoms with Crippen molar-refractivity contribution in [1.82, 2.24) is 15.1 Å². The molecule has 0 saturated heterocycles. The number of furan rings is 1. The van der Waals surface area contributed by atoms with Crippen molar-refractivity contribution in [3.63, 3.8) is 0 Å². The van der Waals surface area contributed by atoms with Crippen molar-refractivity contribution in [3.8, 4) is 0 Å². The second-order valence-corrected chi connectivity index (χ2v) is 5.13. The molecular formula is C15H23N3O. The van der Waals surface area contributed by atoms with Gasteiger partial charge in [0.15, 0.2) is 0 Å². The summed E-state index contributed by atoms with van der Waals surface area (Å²) < 4.78 is 7.67. The molecule has 19 heavy (non-hydrogen) atoms. The van der Waals surface area contributed by atoms with Gasteiger partial charge in [-0.3, -0.25) is 4.68 Å². The zero-order valence-electron chi connectivity index (χ0n) is 12.2. The molecule has 1 atom stereocenters. The van der Waals surface area contributed by atoms with Crippen LogP contribution in [-0.2, 0) is 6.54 Å². The first kappa shape index (κ1) is 13.9. The van der Waals surface area contributed by atoms with E-state index in [0.29, 0.717) is 0 Å². The van der Waals surface area contributed by atoms with E-state index < -0.39 is 0 Å². The van der Waals surface area contributed by atoms with E-state index in [1.165, 1.54) is 5.69 Å². The number of hydrogen-bond donors (Lipinski definition) is 1. The minimum absolute atomic E-state index is 0.258. The highest BCUT2D eigenvalue weighted by Crippen LogP contribution is 2.15. The monoisotopic (exact) mass is 261 g/mol. The molecule has 4 heteroatoms. The highest BCUT2D eigenvalue weighted by atomic mass is 16.3. The first-order valence-electron chi connectivity index (χ1n) is 6.87. The lowest BCUT2D eigenvalue weighted by Gasteiger charge is -2.11. The summed E-state index contributed by atoms with van der Waals surface area (Å²) in [7, 11) is 0. The van der Waals surface area contributed by atoms with E-state index in [4.69, 9.17) is 4.42 Å². The minimum Gasteiger partial charge on any atom is -0.465 e. The Bertz CT molecular complexity index is 527. The average Bonchev–Trinajstić information content (AvgIpc) is 2.91. The van der Waals surface area contributed by atoms with Crippen molar-refractivity contribution in [1.29, 1.82) is 0 Å². The quantitative estimate of drug-likeness (QED) is 0.812. The van der Waals surface area contributed by atoms with Crippen molar-refractivity contribution >= 4 is 0 Å². The average molecular weight is 261 g/mol.